The van der Waals surface area contributed by atoms with Crippen LogP contribution in [0.15, 0.2) is 261 Å². The van der Waals surface area contributed by atoms with Crippen LogP contribution in [0.3, 0.4) is 0 Å². The molecule has 318 valence electrons. The summed E-state index contributed by atoms with van der Waals surface area (Å²) in [6.45, 7) is 0. The van der Waals surface area contributed by atoms with Crippen molar-refractivity contribution >= 4 is 80.9 Å². The molecule has 0 bridgehead atoms. The van der Waals surface area contributed by atoms with Crippen molar-refractivity contribution in [2.45, 2.75) is 0 Å². The Bertz CT molecular complexity index is 3980. The smallest absolute Gasteiger partial charge is 0.0468 e. The monoisotopic (exact) mass is 881 g/mol. The standard InChI is InChI=1S/C66H43NS/c1-3-15-49(16-4-1)64-60-22-10-9-20-57(60)58-41-40-55(43-62(58)65(64)50-17-5-2-6-18-50)67(54-38-34-48(35-39-54)56-23-13-24-61-59-21-11-12-25-63(59)68-66(56)61)53-36-32-46(33-37-53)45-26-28-47(29-27-45)52-31-30-44-14-7-8-19-51(44)42-52/h1-43H. The summed E-state index contributed by atoms with van der Waals surface area (Å²) in [6, 6.07) is 95.7. The number of benzene rings is 12. The van der Waals surface area contributed by atoms with Gasteiger partial charge < -0.3 is 4.90 Å². The van der Waals surface area contributed by atoms with Gasteiger partial charge in [-0.1, -0.05) is 212 Å². The molecule has 0 spiro atoms. The van der Waals surface area contributed by atoms with Gasteiger partial charge in [-0.2, -0.15) is 0 Å². The predicted octanol–water partition coefficient (Wildman–Crippen LogP) is 19.3. The maximum absolute atomic E-state index is 2.42. The van der Waals surface area contributed by atoms with Gasteiger partial charge in [-0.25, -0.2) is 0 Å². The molecule has 0 saturated heterocycles. The molecule has 1 aromatic heterocycles. The zero-order chi connectivity index (χ0) is 45.0. The molecule has 2 heteroatoms. The van der Waals surface area contributed by atoms with Gasteiger partial charge in [-0.3, -0.25) is 0 Å². The minimum atomic E-state index is 1.09. The number of anilines is 3. The molecule has 0 amide bonds. The van der Waals surface area contributed by atoms with Crippen molar-refractivity contribution in [3.63, 3.8) is 0 Å². The van der Waals surface area contributed by atoms with Gasteiger partial charge >= 0.3 is 0 Å². The Balaban J connectivity index is 0.958. The van der Waals surface area contributed by atoms with Crippen LogP contribution in [0.2, 0.25) is 0 Å². The highest BCUT2D eigenvalue weighted by Gasteiger charge is 2.21. The fraction of sp³-hybridized carbons (Fsp3) is 0. The zero-order valence-corrected chi connectivity index (χ0v) is 38.0. The fourth-order valence-corrected chi connectivity index (χ4v) is 11.6. The number of thiophene rings is 1. The molecule has 1 heterocycles. The molecule has 68 heavy (non-hydrogen) atoms. The van der Waals surface area contributed by atoms with Crippen molar-refractivity contribution in [2.24, 2.45) is 0 Å². The molecule has 0 aliphatic rings. The fourth-order valence-electron chi connectivity index (χ4n) is 10.4. The van der Waals surface area contributed by atoms with E-state index in [1.165, 1.54) is 108 Å². The minimum absolute atomic E-state index is 1.09. The normalized spacial score (nSPS) is 11.5. The first-order chi connectivity index (χ1) is 33.7. The van der Waals surface area contributed by atoms with E-state index in [1.54, 1.807) is 0 Å². The molecule has 0 atom stereocenters. The third-order valence-electron chi connectivity index (χ3n) is 13.7. The van der Waals surface area contributed by atoms with Crippen molar-refractivity contribution in [1.29, 1.82) is 0 Å². The third-order valence-corrected chi connectivity index (χ3v) is 14.9. The van der Waals surface area contributed by atoms with E-state index >= 15 is 0 Å². The molecule has 13 aromatic rings. The number of fused-ring (bicyclic) bond motifs is 7. The first kappa shape index (κ1) is 39.8. The lowest BCUT2D eigenvalue weighted by Gasteiger charge is -2.27. The minimum Gasteiger partial charge on any atom is -0.310 e. The third kappa shape index (κ3) is 6.93. The summed E-state index contributed by atoms with van der Waals surface area (Å²) in [5.41, 5.74) is 15.4. The van der Waals surface area contributed by atoms with Gasteiger partial charge in [0.2, 0.25) is 0 Å². The van der Waals surface area contributed by atoms with Crippen molar-refractivity contribution < 1.29 is 0 Å². The van der Waals surface area contributed by atoms with Crippen LogP contribution in [0.25, 0.3) is 108 Å². The van der Waals surface area contributed by atoms with Crippen LogP contribution in [-0.4, -0.2) is 0 Å². The average Bonchev–Trinajstić information content (AvgIpc) is 3.80. The van der Waals surface area contributed by atoms with Crippen LogP contribution in [0.4, 0.5) is 17.1 Å². The van der Waals surface area contributed by atoms with Gasteiger partial charge in [0.15, 0.2) is 0 Å². The van der Waals surface area contributed by atoms with Gasteiger partial charge in [-0.15, -0.1) is 11.3 Å². The molecule has 13 rings (SSSR count). The van der Waals surface area contributed by atoms with Crippen molar-refractivity contribution in [1.82, 2.24) is 0 Å². The van der Waals surface area contributed by atoms with E-state index in [9.17, 15) is 0 Å². The van der Waals surface area contributed by atoms with Crippen LogP contribution < -0.4 is 4.90 Å². The Hall–Kier alpha value is -8.56. The summed E-state index contributed by atoms with van der Waals surface area (Å²) in [5, 5.41) is 10.1. The van der Waals surface area contributed by atoms with Crippen LogP contribution in [-0.2, 0) is 0 Å². The van der Waals surface area contributed by atoms with Crippen molar-refractivity contribution in [3.05, 3.63) is 261 Å². The van der Waals surface area contributed by atoms with E-state index in [-0.39, 0.29) is 0 Å². The molecule has 0 fully saturated rings. The van der Waals surface area contributed by atoms with Gasteiger partial charge in [0.25, 0.3) is 0 Å². The number of hydrogen-bond acceptors (Lipinski definition) is 2. The first-order valence-corrected chi connectivity index (χ1v) is 24.1. The number of hydrogen-bond donors (Lipinski definition) is 0. The molecule has 1 nitrogen and oxygen atoms in total. The van der Waals surface area contributed by atoms with Gasteiger partial charge in [0.1, 0.15) is 0 Å². The van der Waals surface area contributed by atoms with Gasteiger partial charge in [0.05, 0.1) is 0 Å². The molecule has 0 N–H and O–H groups in total. The summed E-state index contributed by atoms with van der Waals surface area (Å²) < 4.78 is 2.64. The van der Waals surface area contributed by atoms with Crippen LogP contribution >= 0.6 is 11.3 Å². The highest BCUT2D eigenvalue weighted by molar-refractivity contribution is 7.26. The Kier molecular flexibility index (Phi) is 9.77. The van der Waals surface area contributed by atoms with Crippen molar-refractivity contribution in [3.8, 4) is 55.6 Å². The summed E-state index contributed by atoms with van der Waals surface area (Å²) >= 11 is 1.88. The molecule has 12 aromatic carbocycles. The van der Waals surface area contributed by atoms with Gasteiger partial charge in [-0.05, 0) is 136 Å². The van der Waals surface area contributed by atoms with Crippen LogP contribution in [0.1, 0.15) is 0 Å². The topological polar surface area (TPSA) is 3.24 Å². The maximum atomic E-state index is 2.42. The Morgan fingerprint density at radius 2 is 0.735 bits per heavy atom. The second kappa shape index (κ2) is 16.7. The lowest BCUT2D eigenvalue weighted by Crippen LogP contribution is -2.10. The molecular weight excluding hydrogens is 839 g/mol. The molecular formula is C66H43NS. The second-order valence-corrected chi connectivity index (χ2v) is 18.7. The van der Waals surface area contributed by atoms with E-state index in [4.69, 9.17) is 0 Å². The maximum Gasteiger partial charge on any atom is 0.0468 e. The van der Waals surface area contributed by atoms with E-state index in [2.05, 4.69) is 266 Å². The highest BCUT2D eigenvalue weighted by atomic mass is 32.1. The highest BCUT2D eigenvalue weighted by Crippen LogP contribution is 2.48. The van der Waals surface area contributed by atoms with E-state index < -0.39 is 0 Å². The largest absolute Gasteiger partial charge is 0.310 e. The molecule has 0 radical (unpaired) electrons. The van der Waals surface area contributed by atoms with Crippen LogP contribution in [0, 0.1) is 0 Å². The molecule has 0 aliphatic heterocycles. The summed E-state index contributed by atoms with van der Waals surface area (Å²) in [5.74, 6) is 0. The second-order valence-electron chi connectivity index (χ2n) is 17.6. The number of rotatable bonds is 8. The zero-order valence-electron chi connectivity index (χ0n) is 37.2. The lowest BCUT2D eigenvalue weighted by atomic mass is 9.85. The molecule has 0 unspecified atom stereocenters. The Morgan fingerprint density at radius 3 is 1.43 bits per heavy atom. The first-order valence-electron chi connectivity index (χ1n) is 23.3. The summed E-state index contributed by atoms with van der Waals surface area (Å²) in [7, 11) is 0. The SMILES string of the molecule is c1ccc(-c2c(-c3ccccc3)c3cc(N(c4ccc(-c5ccc(-c6ccc7ccccc7c6)cc5)cc4)c4ccc(-c5cccc6c5sc5ccccc56)cc4)ccc3c3ccccc23)cc1. The molecule has 0 aliphatic carbocycles. The molecule has 0 saturated carbocycles. The van der Waals surface area contributed by atoms with E-state index in [0.29, 0.717) is 0 Å². The predicted molar refractivity (Wildman–Crippen MR) is 294 cm³/mol. The Morgan fingerprint density at radius 1 is 0.250 bits per heavy atom. The quantitative estimate of drug-likeness (QED) is 0.137. The summed E-state index contributed by atoms with van der Waals surface area (Å²) in [4.78, 5) is 2.42. The van der Waals surface area contributed by atoms with E-state index in [0.717, 1.165) is 17.1 Å². The Labute approximate surface area is 400 Å². The summed E-state index contributed by atoms with van der Waals surface area (Å²) in [6.07, 6.45) is 0. The average molecular weight is 882 g/mol. The van der Waals surface area contributed by atoms with Gasteiger partial charge in [0, 0.05) is 37.2 Å². The van der Waals surface area contributed by atoms with E-state index in [1.807, 2.05) is 11.3 Å². The lowest BCUT2D eigenvalue weighted by molar-refractivity contribution is 1.29. The van der Waals surface area contributed by atoms with Crippen LogP contribution in [0.5, 0.6) is 0 Å². The number of nitrogens with zero attached hydrogens (tertiary/aromatic N) is 1. The van der Waals surface area contributed by atoms with Crippen molar-refractivity contribution in [2.75, 3.05) is 4.90 Å².